The lowest BCUT2D eigenvalue weighted by Crippen LogP contribution is -2.64. The molecule has 6 N–H and O–H groups in total. The van der Waals surface area contributed by atoms with Crippen molar-refractivity contribution < 1.29 is 58.3 Å². The summed E-state index contributed by atoms with van der Waals surface area (Å²) in [5.74, 6) is -0.497. The Bertz CT molecular complexity index is 1270. The van der Waals surface area contributed by atoms with Crippen LogP contribution >= 0.6 is 7.82 Å². The molecule has 12 nitrogen and oxygen atoms in total. The average Bonchev–Trinajstić information content (AvgIpc) is 3.27. The summed E-state index contributed by atoms with van der Waals surface area (Å²) in [5, 5.41) is 50.2. The van der Waals surface area contributed by atoms with E-state index in [1.165, 1.54) is 70.6 Å². The van der Waals surface area contributed by atoms with Crippen molar-refractivity contribution in [1.29, 1.82) is 0 Å². The van der Waals surface area contributed by atoms with E-state index in [2.05, 4.69) is 74.6 Å². The number of aliphatic hydroxyl groups excluding tert-OH is 5. The Kier molecular flexibility index (Phi) is 37.8. The van der Waals surface area contributed by atoms with Crippen LogP contribution in [-0.2, 0) is 27.9 Å². The molecule has 0 aromatic rings. The Hall–Kier alpha value is -1.96. The maximum absolute atomic E-state index is 12.8. The van der Waals surface area contributed by atoms with Crippen molar-refractivity contribution in [2.45, 2.75) is 230 Å². The number of phosphoric acid groups is 1. The fraction of sp³-hybridized carbons (Fsp3) is 0.780. The van der Waals surface area contributed by atoms with Gasteiger partial charge in [-0.2, -0.15) is 0 Å². The normalized spacial score (nSPS) is 22.3. The van der Waals surface area contributed by atoms with Gasteiger partial charge in [-0.1, -0.05) is 164 Å². The van der Waals surface area contributed by atoms with Crippen LogP contribution in [0.2, 0.25) is 0 Å². The number of allylic oxidation sites excluding steroid dienone is 10. The molecule has 366 valence electrons. The number of phosphoric ester groups is 1. The molecule has 0 aromatic heterocycles. The highest BCUT2D eigenvalue weighted by Gasteiger charge is 2.51. The zero-order valence-corrected chi connectivity index (χ0v) is 40.0. The summed E-state index contributed by atoms with van der Waals surface area (Å²) >= 11 is 0. The molecule has 1 aliphatic carbocycles. The van der Waals surface area contributed by atoms with Crippen molar-refractivity contribution in [3.63, 3.8) is 0 Å². The number of hydrogen-bond acceptors (Lipinski definition) is 11. The fourth-order valence-electron chi connectivity index (χ4n) is 7.14. The predicted molar refractivity (Wildman–Crippen MR) is 253 cm³/mol. The molecular weight excluding hydrogens is 824 g/mol. The minimum Gasteiger partial charge on any atom is -0.457 e. The van der Waals surface area contributed by atoms with E-state index in [0.717, 1.165) is 89.9 Å². The van der Waals surface area contributed by atoms with E-state index in [1.54, 1.807) is 0 Å². The second-order valence-corrected chi connectivity index (χ2v) is 18.4. The second kappa shape index (κ2) is 40.3. The van der Waals surface area contributed by atoms with Crippen LogP contribution in [0.25, 0.3) is 0 Å². The third kappa shape index (κ3) is 32.4. The Labute approximate surface area is 381 Å². The number of ether oxygens (including phenoxy) is 2. The van der Waals surface area contributed by atoms with Gasteiger partial charge in [-0.15, -0.1) is 0 Å². The van der Waals surface area contributed by atoms with Crippen LogP contribution in [0.15, 0.2) is 60.8 Å². The molecule has 0 saturated heterocycles. The van der Waals surface area contributed by atoms with Crippen LogP contribution in [0.3, 0.4) is 0 Å². The number of hydrogen-bond donors (Lipinski definition) is 6. The van der Waals surface area contributed by atoms with Crippen LogP contribution < -0.4 is 0 Å². The smallest absolute Gasteiger partial charge is 0.457 e. The van der Waals surface area contributed by atoms with Crippen LogP contribution in [0.5, 0.6) is 0 Å². The number of carbonyl (C=O) groups is 1. The first-order valence-corrected chi connectivity index (χ1v) is 26.1. The summed E-state index contributed by atoms with van der Waals surface area (Å²) in [6.07, 6.45) is 38.6. The van der Waals surface area contributed by atoms with Gasteiger partial charge in [0.05, 0.1) is 13.2 Å². The maximum Gasteiger partial charge on any atom is 0.472 e. The zero-order valence-electron chi connectivity index (χ0n) is 39.1. The highest BCUT2D eigenvalue weighted by Crippen LogP contribution is 2.47. The first-order chi connectivity index (χ1) is 30.5. The summed E-state index contributed by atoms with van der Waals surface area (Å²) < 4.78 is 34.2. The van der Waals surface area contributed by atoms with Crippen molar-refractivity contribution in [3.05, 3.63) is 60.8 Å². The molecule has 1 aliphatic rings. The van der Waals surface area contributed by atoms with Gasteiger partial charge in [0, 0.05) is 13.0 Å². The number of esters is 1. The third-order valence-corrected chi connectivity index (χ3v) is 12.1. The molecule has 63 heavy (non-hydrogen) atoms. The molecule has 0 spiro atoms. The zero-order chi connectivity index (χ0) is 46.2. The lowest BCUT2D eigenvalue weighted by atomic mass is 9.85. The van der Waals surface area contributed by atoms with Gasteiger partial charge in [-0.25, -0.2) is 4.57 Å². The molecule has 6 unspecified atom stereocenters. The van der Waals surface area contributed by atoms with Gasteiger partial charge >= 0.3 is 13.8 Å². The summed E-state index contributed by atoms with van der Waals surface area (Å²) in [6, 6.07) is 0. The third-order valence-electron chi connectivity index (χ3n) is 11.1. The van der Waals surface area contributed by atoms with Crippen LogP contribution in [0.1, 0.15) is 187 Å². The molecule has 1 rings (SSSR count). The maximum atomic E-state index is 12.8. The summed E-state index contributed by atoms with van der Waals surface area (Å²) in [5.41, 5.74) is 0. The van der Waals surface area contributed by atoms with Crippen LogP contribution in [0.4, 0.5) is 0 Å². The SMILES string of the molecule is CCCC/C=C\C/C=C\CCCCCCCC(=O)OC(COCCCCCCCCC/C=C\C/C=C\C/C=C\CCCCCCC)COP(=O)(O)OC1C(O)C(O)C(O)C(O)C1O. The molecule has 6 atom stereocenters. The number of unbranched alkanes of at least 4 members (excludes halogenated alkanes) is 19. The van der Waals surface area contributed by atoms with Crippen molar-refractivity contribution >= 4 is 13.8 Å². The van der Waals surface area contributed by atoms with Crippen molar-refractivity contribution in [1.82, 2.24) is 0 Å². The second-order valence-electron chi connectivity index (χ2n) is 17.0. The molecule has 0 aromatic carbocycles. The highest BCUT2D eigenvalue weighted by molar-refractivity contribution is 7.47. The first kappa shape index (κ1) is 59.1. The minimum absolute atomic E-state index is 0.0916. The quantitative estimate of drug-likeness (QED) is 0.0147. The van der Waals surface area contributed by atoms with E-state index >= 15 is 0 Å². The first-order valence-electron chi connectivity index (χ1n) is 24.6. The van der Waals surface area contributed by atoms with Crippen LogP contribution in [-0.4, -0.2) is 98.9 Å². The van der Waals surface area contributed by atoms with Crippen molar-refractivity contribution in [3.8, 4) is 0 Å². The van der Waals surface area contributed by atoms with Crippen molar-refractivity contribution in [2.75, 3.05) is 19.8 Å². The Morgan fingerprint density at radius 2 is 0.905 bits per heavy atom. The molecular formula is C50H89O12P. The minimum atomic E-state index is -5.03. The summed E-state index contributed by atoms with van der Waals surface area (Å²) in [7, 11) is -5.03. The standard InChI is InChI=1S/C50H89O12P/c1-3-5-7-9-11-13-15-17-19-20-21-22-23-24-25-26-28-30-32-34-36-38-40-59-41-43(42-60-63(57,58)62-50-48(55)46(53)45(52)47(54)49(50)56)61-44(51)39-37-35-33-31-29-27-18-16-14-12-10-8-6-4-2/h10,12,15-18,20-21,23-24,43,45-50,52-56H,3-9,11,13-14,19,22,25-42H2,1-2H3,(H,57,58)/b12-10-,17-15-,18-16-,21-20-,24-23-. The van der Waals surface area contributed by atoms with E-state index in [9.17, 15) is 39.8 Å². The van der Waals surface area contributed by atoms with Gasteiger partial charge in [0.15, 0.2) is 0 Å². The number of aliphatic hydroxyl groups is 5. The van der Waals surface area contributed by atoms with E-state index in [0.29, 0.717) is 13.0 Å². The highest BCUT2D eigenvalue weighted by atomic mass is 31.2. The summed E-state index contributed by atoms with van der Waals surface area (Å²) in [6.45, 7) is 4.17. The summed E-state index contributed by atoms with van der Waals surface area (Å²) in [4.78, 5) is 23.2. The predicted octanol–water partition coefficient (Wildman–Crippen LogP) is 10.6. The van der Waals surface area contributed by atoms with Crippen LogP contribution in [0, 0.1) is 0 Å². The molecule has 0 heterocycles. The van der Waals surface area contributed by atoms with Gasteiger partial charge in [-0.05, 0) is 77.0 Å². The van der Waals surface area contributed by atoms with Gasteiger partial charge in [-0.3, -0.25) is 13.8 Å². The van der Waals surface area contributed by atoms with Gasteiger partial charge in [0.2, 0.25) is 0 Å². The Balaban J connectivity index is 2.37. The lowest BCUT2D eigenvalue weighted by Gasteiger charge is -2.41. The van der Waals surface area contributed by atoms with E-state index < -0.39 is 63.1 Å². The molecule has 0 amide bonds. The number of rotatable bonds is 41. The Morgan fingerprint density at radius 3 is 1.40 bits per heavy atom. The number of carbonyl (C=O) groups excluding carboxylic acids is 1. The topological polar surface area (TPSA) is 192 Å². The van der Waals surface area contributed by atoms with E-state index in [1.807, 2.05) is 0 Å². The molecule has 13 heteroatoms. The van der Waals surface area contributed by atoms with Gasteiger partial charge in [0.1, 0.15) is 42.7 Å². The van der Waals surface area contributed by atoms with Crippen molar-refractivity contribution in [2.24, 2.45) is 0 Å². The fourth-order valence-corrected chi connectivity index (χ4v) is 8.12. The molecule has 0 aliphatic heterocycles. The molecule has 0 radical (unpaired) electrons. The monoisotopic (exact) mass is 913 g/mol. The lowest BCUT2D eigenvalue weighted by molar-refractivity contribution is -0.220. The molecule has 1 fully saturated rings. The average molecular weight is 913 g/mol. The Morgan fingerprint density at radius 1 is 0.508 bits per heavy atom. The largest absolute Gasteiger partial charge is 0.472 e. The van der Waals surface area contributed by atoms with Gasteiger partial charge < -0.3 is 39.9 Å². The van der Waals surface area contributed by atoms with E-state index in [4.69, 9.17) is 18.5 Å². The molecule has 0 bridgehead atoms. The van der Waals surface area contributed by atoms with Gasteiger partial charge in [0.25, 0.3) is 0 Å². The molecule has 1 saturated carbocycles. The van der Waals surface area contributed by atoms with E-state index in [-0.39, 0.29) is 13.0 Å².